The molecular weight excluding hydrogens is 216 g/mol. The molecule has 0 bridgehead atoms. The number of ether oxygens (including phenoxy) is 1. The van der Waals surface area contributed by atoms with Gasteiger partial charge in [0.2, 0.25) is 0 Å². The second-order valence-electron chi connectivity index (χ2n) is 4.65. The van der Waals surface area contributed by atoms with Gasteiger partial charge in [0.25, 0.3) is 0 Å². The lowest BCUT2D eigenvalue weighted by Gasteiger charge is -2.17. The van der Waals surface area contributed by atoms with Crippen LogP contribution in [0, 0.1) is 0 Å². The van der Waals surface area contributed by atoms with Gasteiger partial charge >= 0.3 is 0 Å². The second-order valence-corrected chi connectivity index (χ2v) is 4.65. The van der Waals surface area contributed by atoms with Crippen molar-refractivity contribution in [2.24, 2.45) is 0 Å². The van der Waals surface area contributed by atoms with Gasteiger partial charge in [-0.2, -0.15) is 0 Å². The molecule has 1 saturated carbocycles. The SMILES string of the molecule is CC[C@@H](O)c1ccc(OC2CCCC2O)cc1. The minimum absolute atomic E-state index is 0.0723. The zero-order valence-corrected chi connectivity index (χ0v) is 10.2. The summed E-state index contributed by atoms with van der Waals surface area (Å²) in [6, 6.07) is 7.48. The summed E-state index contributed by atoms with van der Waals surface area (Å²) in [6.07, 6.45) is 2.67. The van der Waals surface area contributed by atoms with Crippen LogP contribution in [-0.4, -0.2) is 22.4 Å². The molecule has 1 fully saturated rings. The highest BCUT2D eigenvalue weighted by molar-refractivity contribution is 5.28. The number of hydrogen-bond donors (Lipinski definition) is 2. The highest BCUT2D eigenvalue weighted by Gasteiger charge is 2.26. The largest absolute Gasteiger partial charge is 0.488 e. The molecule has 94 valence electrons. The molecule has 0 aromatic heterocycles. The summed E-state index contributed by atoms with van der Waals surface area (Å²) in [5, 5.41) is 19.3. The van der Waals surface area contributed by atoms with Crippen molar-refractivity contribution >= 4 is 0 Å². The fourth-order valence-electron chi connectivity index (χ4n) is 2.22. The third-order valence-electron chi connectivity index (χ3n) is 3.36. The fourth-order valence-corrected chi connectivity index (χ4v) is 2.22. The van der Waals surface area contributed by atoms with Crippen molar-refractivity contribution in [2.75, 3.05) is 0 Å². The van der Waals surface area contributed by atoms with Crippen LogP contribution >= 0.6 is 0 Å². The summed E-state index contributed by atoms with van der Waals surface area (Å²) in [7, 11) is 0. The number of rotatable bonds is 4. The summed E-state index contributed by atoms with van der Waals surface area (Å²) in [4.78, 5) is 0. The van der Waals surface area contributed by atoms with Gasteiger partial charge in [-0.1, -0.05) is 19.1 Å². The Hall–Kier alpha value is -1.06. The van der Waals surface area contributed by atoms with Gasteiger partial charge in [-0.3, -0.25) is 0 Å². The summed E-state index contributed by atoms with van der Waals surface area (Å²) < 4.78 is 5.72. The van der Waals surface area contributed by atoms with E-state index in [0.717, 1.165) is 30.6 Å². The molecule has 0 aliphatic heterocycles. The van der Waals surface area contributed by atoms with Crippen LogP contribution in [0.15, 0.2) is 24.3 Å². The lowest BCUT2D eigenvalue weighted by Crippen LogP contribution is -2.25. The molecule has 1 aromatic rings. The zero-order valence-electron chi connectivity index (χ0n) is 10.2. The fraction of sp³-hybridized carbons (Fsp3) is 0.571. The second kappa shape index (κ2) is 5.52. The van der Waals surface area contributed by atoms with E-state index < -0.39 is 6.10 Å². The Bertz CT molecular complexity index is 347. The van der Waals surface area contributed by atoms with Gasteiger partial charge in [0.1, 0.15) is 11.9 Å². The molecule has 0 saturated heterocycles. The minimum Gasteiger partial charge on any atom is -0.488 e. The molecule has 17 heavy (non-hydrogen) atoms. The Morgan fingerprint density at radius 2 is 2.00 bits per heavy atom. The van der Waals surface area contributed by atoms with Gasteiger partial charge in [-0.05, 0) is 43.4 Å². The van der Waals surface area contributed by atoms with E-state index >= 15 is 0 Å². The first kappa shape index (κ1) is 12.4. The maximum Gasteiger partial charge on any atom is 0.124 e. The van der Waals surface area contributed by atoms with Crippen molar-refractivity contribution in [2.45, 2.75) is 50.9 Å². The Morgan fingerprint density at radius 1 is 1.29 bits per heavy atom. The average Bonchev–Trinajstić information content (AvgIpc) is 2.75. The van der Waals surface area contributed by atoms with Crippen molar-refractivity contribution in [3.8, 4) is 5.75 Å². The third-order valence-corrected chi connectivity index (χ3v) is 3.36. The Kier molecular flexibility index (Phi) is 4.02. The molecule has 2 rings (SSSR count). The van der Waals surface area contributed by atoms with Crippen molar-refractivity contribution in [3.63, 3.8) is 0 Å². The van der Waals surface area contributed by atoms with Crippen LogP contribution in [0.25, 0.3) is 0 Å². The van der Waals surface area contributed by atoms with E-state index in [0.29, 0.717) is 6.42 Å². The normalized spacial score (nSPS) is 25.8. The van der Waals surface area contributed by atoms with Gasteiger partial charge in [0.05, 0.1) is 12.2 Å². The van der Waals surface area contributed by atoms with Crippen LogP contribution in [0.4, 0.5) is 0 Å². The Morgan fingerprint density at radius 3 is 2.53 bits per heavy atom. The van der Waals surface area contributed by atoms with E-state index in [1.54, 1.807) is 0 Å². The summed E-state index contributed by atoms with van der Waals surface area (Å²) in [6.45, 7) is 1.95. The molecule has 3 atom stereocenters. The number of aliphatic hydroxyl groups is 2. The quantitative estimate of drug-likeness (QED) is 0.844. The van der Waals surface area contributed by atoms with Crippen molar-refractivity contribution < 1.29 is 14.9 Å². The van der Waals surface area contributed by atoms with Crippen LogP contribution in [-0.2, 0) is 0 Å². The molecule has 1 aliphatic carbocycles. The molecule has 2 N–H and O–H groups in total. The van der Waals surface area contributed by atoms with Crippen molar-refractivity contribution in [1.82, 2.24) is 0 Å². The maximum atomic E-state index is 9.67. The number of benzene rings is 1. The van der Waals surface area contributed by atoms with Gasteiger partial charge in [0.15, 0.2) is 0 Å². The first-order valence-electron chi connectivity index (χ1n) is 6.33. The first-order chi connectivity index (χ1) is 8.20. The summed E-state index contributed by atoms with van der Waals surface area (Å²) in [5.41, 5.74) is 0.909. The molecule has 0 radical (unpaired) electrons. The molecule has 0 amide bonds. The van der Waals surface area contributed by atoms with Gasteiger partial charge in [0, 0.05) is 0 Å². The molecule has 1 aliphatic rings. The minimum atomic E-state index is -0.402. The van der Waals surface area contributed by atoms with Gasteiger partial charge in [-0.15, -0.1) is 0 Å². The third kappa shape index (κ3) is 2.99. The van der Waals surface area contributed by atoms with Crippen LogP contribution in [0.5, 0.6) is 5.75 Å². The monoisotopic (exact) mass is 236 g/mol. The lowest BCUT2D eigenvalue weighted by molar-refractivity contribution is 0.0603. The summed E-state index contributed by atoms with van der Waals surface area (Å²) >= 11 is 0. The van der Waals surface area contributed by atoms with E-state index in [1.165, 1.54) is 0 Å². The number of aliphatic hydroxyl groups excluding tert-OH is 2. The lowest BCUT2D eigenvalue weighted by atomic mass is 10.1. The molecule has 2 unspecified atom stereocenters. The topological polar surface area (TPSA) is 49.7 Å². The van der Waals surface area contributed by atoms with E-state index in [9.17, 15) is 10.2 Å². The standard InChI is InChI=1S/C14H20O3/c1-2-12(15)10-6-8-11(9-7-10)17-14-5-3-4-13(14)16/h6-9,12-16H,2-5H2,1H3/t12-,13?,14?/m1/s1. The van der Waals surface area contributed by atoms with E-state index in [4.69, 9.17) is 4.74 Å². The first-order valence-corrected chi connectivity index (χ1v) is 6.33. The van der Waals surface area contributed by atoms with E-state index in [1.807, 2.05) is 31.2 Å². The molecule has 0 heterocycles. The zero-order chi connectivity index (χ0) is 12.3. The molecule has 3 heteroatoms. The van der Waals surface area contributed by atoms with Gasteiger partial charge in [-0.25, -0.2) is 0 Å². The predicted molar refractivity (Wildman–Crippen MR) is 66.0 cm³/mol. The Balaban J connectivity index is 1.98. The van der Waals surface area contributed by atoms with E-state index in [2.05, 4.69) is 0 Å². The van der Waals surface area contributed by atoms with Crippen molar-refractivity contribution in [1.29, 1.82) is 0 Å². The van der Waals surface area contributed by atoms with E-state index in [-0.39, 0.29) is 12.2 Å². The average molecular weight is 236 g/mol. The van der Waals surface area contributed by atoms with Crippen LogP contribution < -0.4 is 4.74 Å². The summed E-state index contributed by atoms with van der Waals surface area (Å²) in [5.74, 6) is 0.767. The number of hydrogen-bond acceptors (Lipinski definition) is 3. The van der Waals surface area contributed by atoms with Crippen LogP contribution in [0.1, 0.15) is 44.3 Å². The predicted octanol–water partition coefficient (Wildman–Crippen LogP) is 2.42. The highest BCUT2D eigenvalue weighted by atomic mass is 16.5. The van der Waals surface area contributed by atoms with Crippen molar-refractivity contribution in [3.05, 3.63) is 29.8 Å². The molecule has 1 aromatic carbocycles. The van der Waals surface area contributed by atoms with Crippen LogP contribution in [0.2, 0.25) is 0 Å². The molecule has 0 spiro atoms. The smallest absolute Gasteiger partial charge is 0.124 e. The highest BCUT2D eigenvalue weighted by Crippen LogP contribution is 2.26. The molecular formula is C14H20O3. The maximum absolute atomic E-state index is 9.67. The van der Waals surface area contributed by atoms with Gasteiger partial charge < -0.3 is 14.9 Å². The van der Waals surface area contributed by atoms with Crippen LogP contribution in [0.3, 0.4) is 0 Å². The Labute approximate surface area is 102 Å². The molecule has 3 nitrogen and oxygen atoms in total.